The van der Waals surface area contributed by atoms with E-state index in [-0.39, 0.29) is 0 Å². The highest BCUT2D eigenvalue weighted by Crippen LogP contribution is 2.20. The number of aliphatic imine (C=N–C) groups is 1. The predicted molar refractivity (Wildman–Crippen MR) is 125 cm³/mol. The van der Waals surface area contributed by atoms with Crippen molar-refractivity contribution in [3.05, 3.63) is 111 Å². The van der Waals surface area contributed by atoms with Crippen molar-refractivity contribution in [2.24, 2.45) is 4.99 Å². The first-order valence-corrected chi connectivity index (χ1v) is 9.85. The number of halogens is 2. The summed E-state index contributed by atoms with van der Waals surface area (Å²) in [4.78, 5) is 14.3. The van der Waals surface area contributed by atoms with Crippen LogP contribution in [0, 0.1) is 0 Å². The van der Waals surface area contributed by atoms with Crippen LogP contribution in [0.5, 0.6) is 0 Å². The number of carbonyl (C=O) groups excluding carboxylic acids is 1. The lowest BCUT2D eigenvalue weighted by molar-refractivity contribution is 0.112. The molecule has 0 fully saturated rings. The van der Waals surface area contributed by atoms with Crippen LogP contribution in [0.4, 0.5) is 0 Å². The molecule has 0 aliphatic rings. The fraction of sp³-hybridized carbons (Fsp3) is 0.0833. The van der Waals surface area contributed by atoms with E-state index in [4.69, 9.17) is 27.9 Å². The normalized spacial score (nSPS) is 10.8. The molecule has 30 heavy (non-hydrogen) atoms. The number of nitrogens with zero attached hydrogens (tertiary/aromatic N) is 1. The SMILES string of the molecule is C=N/C(=C(/NC)OCc1ccccc1)c1ccccc1.O=Cc1cc(Cl)cc(Cl)c1. The lowest BCUT2D eigenvalue weighted by Gasteiger charge is -2.13. The van der Waals surface area contributed by atoms with E-state index in [0.29, 0.717) is 40.1 Å². The Balaban J connectivity index is 0.000000269. The molecule has 0 saturated heterocycles. The number of benzene rings is 3. The van der Waals surface area contributed by atoms with Crippen molar-refractivity contribution in [1.82, 2.24) is 5.32 Å². The van der Waals surface area contributed by atoms with Gasteiger partial charge in [-0.05, 0) is 30.5 Å². The van der Waals surface area contributed by atoms with E-state index in [1.54, 1.807) is 18.2 Å². The Morgan fingerprint density at radius 1 is 1.00 bits per heavy atom. The second-order valence-corrected chi connectivity index (χ2v) is 6.92. The van der Waals surface area contributed by atoms with Gasteiger partial charge >= 0.3 is 0 Å². The second-order valence-electron chi connectivity index (χ2n) is 6.05. The molecule has 0 bridgehead atoms. The summed E-state index contributed by atoms with van der Waals surface area (Å²) in [5, 5.41) is 4.01. The van der Waals surface area contributed by atoms with E-state index in [1.807, 2.05) is 67.7 Å². The molecule has 0 aromatic heterocycles. The van der Waals surface area contributed by atoms with E-state index in [2.05, 4.69) is 17.0 Å². The molecule has 0 amide bonds. The Hall–Kier alpha value is -3.08. The molecule has 0 saturated carbocycles. The van der Waals surface area contributed by atoms with Gasteiger partial charge in [0.2, 0.25) is 5.88 Å². The molecule has 0 unspecified atom stereocenters. The Kier molecular flexibility index (Phi) is 9.65. The van der Waals surface area contributed by atoms with Gasteiger partial charge in [-0.25, -0.2) is 0 Å². The van der Waals surface area contributed by atoms with Crippen molar-refractivity contribution in [3.63, 3.8) is 0 Å². The minimum atomic E-state index is 0.481. The number of hydrogen-bond acceptors (Lipinski definition) is 4. The molecule has 6 heteroatoms. The molecular weight excluding hydrogens is 419 g/mol. The third-order valence-corrected chi connectivity index (χ3v) is 4.33. The molecule has 154 valence electrons. The summed E-state index contributed by atoms with van der Waals surface area (Å²) < 4.78 is 5.82. The van der Waals surface area contributed by atoms with Gasteiger partial charge in [0.1, 0.15) is 18.6 Å². The van der Waals surface area contributed by atoms with Gasteiger partial charge in [-0.3, -0.25) is 9.79 Å². The minimum absolute atomic E-state index is 0.481. The van der Waals surface area contributed by atoms with Gasteiger partial charge in [0.15, 0.2) is 0 Å². The Bertz CT molecular complexity index is 970. The number of rotatable bonds is 7. The Morgan fingerprint density at radius 3 is 2.07 bits per heavy atom. The van der Waals surface area contributed by atoms with Crippen molar-refractivity contribution in [3.8, 4) is 0 Å². The summed E-state index contributed by atoms with van der Waals surface area (Å²) in [5.74, 6) is 0.620. The van der Waals surface area contributed by atoms with Crippen LogP contribution >= 0.6 is 23.2 Å². The molecule has 4 nitrogen and oxygen atoms in total. The highest BCUT2D eigenvalue weighted by Gasteiger charge is 2.08. The summed E-state index contributed by atoms with van der Waals surface area (Å²) in [7, 11) is 1.81. The van der Waals surface area contributed by atoms with Crippen LogP contribution in [0.1, 0.15) is 21.5 Å². The van der Waals surface area contributed by atoms with Crippen LogP contribution in [0.15, 0.2) is 89.7 Å². The van der Waals surface area contributed by atoms with Gasteiger partial charge in [-0.2, -0.15) is 0 Å². The maximum absolute atomic E-state index is 10.2. The Morgan fingerprint density at radius 2 is 1.57 bits per heavy atom. The average Bonchev–Trinajstić information content (AvgIpc) is 2.77. The van der Waals surface area contributed by atoms with Crippen molar-refractivity contribution < 1.29 is 9.53 Å². The molecule has 0 radical (unpaired) electrons. The Labute approximate surface area is 186 Å². The molecule has 0 atom stereocenters. The van der Waals surface area contributed by atoms with E-state index in [1.165, 1.54) is 0 Å². The third-order valence-electron chi connectivity index (χ3n) is 3.89. The number of carbonyl (C=O) groups is 1. The summed E-state index contributed by atoms with van der Waals surface area (Å²) >= 11 is 11.2. The monoisotopic (exact) mass is 440 g/mol. The van der Waals surface area contributed by atoms with E-state index < -0.39 is 0 Å². The minimum Gasteiger partial charge on any atom is -0.473 e. The first-order valence-electron chi connectivity index (χ1n) is 9.09. The molecule has 3 aromatic carbocycles. The maximum atomic E-state index is 10.2. The zero-order valence-electron chi connectivity index (χ0n) is 16.5. The van der Waals surface area contributed by atoms with Crippen LogP contribution in [0.25, 0.3) is 5.70 Å². The fourth-order valence-electron chi connectivity index (χ4n) is 2.52. The second kappa shape index (κ2) is 12.5. The van der Waals surface area contributed by atoms with Crippen LogP contribution in [0.3, 0.4) is 0 Å². The molecule has 1 N–H and O–H groups in total. The number of nitrogens with one attached hydrogen (secondary N) is 1. The van der Waals surface area contributed by atoms with Crippen LogP contribution in [-0.4, -0.2) is 20.1 Å². The summed E-state index contributed by atoms with van der Waals surface area (Å²) in [6, 6.07) is 24.6. The zero-order valence-corrected chi connectivity index (χ0v) is 18.0. The average molecular weight is 441 g/mol. The van der Waals surface area contributed by atoms with Crippen molar-refractivity contribution in [1.29, 1.82) is 0 Å². The number of hydrogen-bond donors (Lipinski definition) is 1. The molecule has 0 heterocycles. The molecule has 3 aromatic rings. The number of ether oxygens (including phenoxy) is 1. The molecule has 0 aliphatic heterocycles. The topological polar surface area (TPSA) is 50.7 Å². The standard InChI is InChI=1S/C17H18N2O.C7H4Cl2O/c1-18-16(15-11-7-4-8-12-15)17(19-2)20-13-14-9-5-3-6-10-14;8-6-1-5(4-10)2-7(9)3-6/h3-12,19H,1,13H2,2H3;1-4H/b17-16-;. The van der Waals surface area contributed by atoms with Crippen molar-refractivity contribution >= 4 is 41.9 Å². The highest BCUT2D eigenvalue weighted by molar-refractivity contribution is 6.35. The van der Waals surface area contributed by atoms with E-state index in [9.17, 15) is 4.79 Å². The van der Waals surface area contributed by atoms with E-state index >= 15 is 0 Å². The largest absolute Gasteiger partial charge is 0.473 e. The van der Waals surface area contributed by atoms with Gasteiger partial charge in [-0.15, -0.1) is 0 Å². The maximum Gasteiger partial charge on any atom is 0.214 e. The zero-order chi connectivity index (χ0) is 21.8. The van der Waals surface area contributed by atoms with Crippen molar-refractivity contribution in [2.45, 2.75) is 6.61 Å². The highest BCUT2D eigenvalue weighted by atomic mass is 35.5. The lowest BCUT2D eigenvalue weighted by atomic mass is 10.1. The summed E-state index contributed by atoms with van der Waals surface area (Å²) in [6.07, 6.45) is 0.706. The molecule has 0 spiro atoms. The van der Waals surface area contributed by atoms with Crippen LogP contribution in [0.2, 0.25) is 10.0 Å². The van der Waals surface area contributed by atoms with Crippen LogP contribution < -0.4 is 5.32 Å². The first-order chi connectivity index (χ1) is 14.6. The molecule has 3 rings (SSSR count). The summed E-state index contributed by atoms with van der Waals surface area (Å²) in [5.41, 5.74) is 3.29. The fourth-order valence-corrected chi connectivity index (χ4v) is 3.07. The van der Waals surface area contributed by atoms with Crippen molar-refractivity contribution in [2.75, 3.05) is 7.05 Å². The van der Waals surface area contributed by atoms with Gasteiger partial charge in [-0.1, -0.05) is 83.9 Å². The first kappa shape index (κ1) is 23.2. The van der Waals surface area contributed by atoms with Gasteiger partial charge in [0.25, 0.3) is 0 Å². The quantitative estimate of drug-likeness (QED) is 0.268. The number of aldehydes is 1. The third kappa shape index (κ3) is 7.39. The van der Waals surface area contributed by atoms with Gasteiger partial charge < -0.3 is 10.1 Å². The lowest BCUT2D eigenvalue weighted by Crippen LogP contribution is -2.12. The predicted octanol–water partition coefficient (Wildman–Crippen LogP) is 6.26. The summed E-state index contributed by atoms with van der Waals surface area (Å²) in [6.45, 7) is 4.12. The van der Waals surface area contributed by atoms with E-state index in [0.717, 1.165) is 11.1 Å². The van der Waals surface area contributed by atoms with Gasteiger partial charge in [0, 0.05) is 28.2 Å². The molecule has 0 aliphatic carbocycles. The van der Waals surface area contributed by atoms with Gasteiger partial charge in [0.05, 0.1) is 0 Å². The smallest absolute Gasteiger partial charge is 0.214 e. The molecular formula is C24H22Cl2N2O2. The van der Waals surface area contributed by atoms with Crippen LogP contribution in [-0.2, 0) is 11.3 Å².